The first-order valence-electron chi connectivity index (χ1n) is 6.93. The van der Waals surface area contributed by atoms with Gasteiger partial charge in [-0.15, -0.1) is 0 Å². The first-order chi connectivity index (χ1) is 9.22. The van der Waals surface area contributed by atoms with Gasteiger partial charge in [0.25, 0.3) is 0 Å². The van der Waals surface area contributed by atoms with Crippen molar-refractivity contribution in [3.8, 4) is 0 Å². The predicted molar refractivity (Wildman–Crippen MR) is 68.4 cm³/mol. The lowest BCUT2D eigenvalue weighted by atomic mass is 10.1. The van der Waals surface area contributed by atoms with Crippen molar-refractivity contribution in [2.75, 3.05) is 19.7 Å². The van der Waals surface area contributed by atoms with E-state index in [1.54, 1.807) is 0 Å². The highest BCUT2D eigenvalue weighted by Gasteiger charge is 2.25. The standard InChI is InChI=1S/C13H21N3O3/c1-2-3-11-14-12(19-15-11)4-5-13(18)16-7-6-10(8-16)9-17/h10,17H,2-9H2,1H3. The molecular formula is C13H21N3O3. The number of amides is 1. The second-order valence-corrected chi connectivity index (χ2v) is 5.03. The molecule has 0 radical (unpaired) electrons. The summed E-state index contributed by atoms with van der Waals surface area (Å²) >= 11 is 0. The molecule has 106 valence electrons. The van der Waals surface area contributed by atoms with Crippen LogP contribution in [0.4, 0.5) is 0 Å². The largest absolute Gasteiger partial charge is 0.396 e. The van der Waals surface area contributed by atoms with E-state index in [9.17, 15) is 4.79 Å². The van der Waals surface area contributed by atoms with Crippen LogP contribution in [0, 0.1) is 5.92 Å². The smallest absolute Gasteiger partial charge is 0.227 e. The van der Waals surface area contributed by atoms with Crippen molar-refractivity contribution in [3.63, 3.8) is 0 Å². The summed E-state index contributed by atoms with van der Waals surface area (Å²) in [7, 11) is 0. The number of nitrogens with zero attached hydrogens (tertiary/aromatic N) is 3. The molecule has 0 aromatic carbocycles. The van der Waals surface area contributed by atoms with Gasteiger partial charge in [-0.3, -0.25) is 4.79 Å². The molecule has 6 heteroatoms. The van der Waals surface area contributed by atoms with Crippen molar-refractivity contribution in [3.05, 3.63) is 11.7 Å². The van der Waals surface area contributed by atoms with Crippen LogP contribution in [0.25, 0.3) is 0 Å². The van der Waals surface area contributed by atoms with E-state index in [2.05, 4.69) is 17.1 Å². The zero-order valence-electron chi connectivity index (χ0n) is 11.3. The van der Waals surface area contributed by atoms with Crippen LogP contribution in [0.15, 0.2) is 4.52 Å². The van der Waals surface area contributed by atoms with Crippen molar-refractivity contribution >= 4 is 5.91 Å². The molecule has 2 heterocycles. The van der Waals surface area contributed by atoms with Crippen LogP contribution in [-0.2, 0) is 17.6 Å². The number of carbonyl (C=O) groups is 1. The Balaban J connectivity index is 1.76. The van der Waals surface area contributed by atoms with E-state index in [-0.39, 0.29) is 18.4 Å². The minimum atomic E-state index is 0.103. The lowest BCUT2D eigenvalue weighted by molar-refractivity contribution is -0.130. The van der Waals surface area contributed by atoms with Crippen molar-refractivity contribution in [2.45, 2.75) is 39.0 Å². The second kappa shape index (κ2) is 6.65. The zero-order chi connectivity index (χ0) is 13.7. The fourth-order valence-corrected chi connectivity index (χ4v) is 2.30. The van der Waals surface area contributed by atoms with Crippen LogP contribution >= 0.6 is 0 Å². The van der Waals surface area contributed by atoms with E-state index in [1.807, 2.05) is 4.90 Å². The molecule has 1 atom stereocenters. The van der Waals surface area contributed by atoms with Crippen LogP contribution in [0.3, 0.4) is 0 Å². The number of hydrogen-bond donors (Lipinski definition) is 1. The van der Waals surface area contributed by atoms with Gasteiger partial charge in [0.2, 0.25) is 11.8 Å². The Hall–Kier alpha value is -1.43. The molecule has 1 fully saturated rings. The third kappa shape index (κ3) is 3.76. The Morgan fingerprint density at radius 3 is 3.05 bits per heavy atom. The molecule has 2 rings (SSSR count). The molecule has 1 amide bonds. The monoisotopic (exact) mass is 267 g/mol. The maximum absolute atomic E-state index is 12.0. The second-order valence-electron chi connectivity index (χ2n) is 5.03. The average molecular weight is 267 g/mol. The third-order valence-corrected chi connectivity index (χ3v) is 3.43. The minimum Gasteiger partial charge on any atom is -0.396 e. The molecule has 0 bridgehead atoms. The Bertz CT molecular complexity index is 419. The van der Waals surface area contributed by atoms with Gasteiger partial charge in [0.05, 0.1) is 0 Å². The first kappa shape index (κ1) is 14.0. The highest BCUT2D eigenvalue weighted by atomic mass is 16.5. The number of hydrogen-bond acceptors (Lipinski definition) is 5. The maximum Gasteiger partial charge on any atom is 0.227 e. The quantitative estimate of drug-likeness (QED) is 0.824. The predicted octanol–water partition coefficient (Wildman–Crippen LogP) is 0.795. The first-order valence-corrected chi connectivity index (χ1v) is 6.93. The zero-order valence-corrected chi connectivity index (χ0v) is 11.3. The number of aliphatic hydroxyl groups is 1. The fourth-order valence-electron chi connectivity index (χ4n) is 2.30. The summed E-state index contributed by atoms with van der Waals surface area (Å²) in [5.74, 6) is 1.59. The summed E-state index contributed by atoms with van der Waals surface area (Å²) in [4.78, 5) is 18.0. The van der Waals surface area contributed by atoms with E-state index >= 15 is 0 Å². The van der Waals surface area contributed by atoms with E-state index in [1.165, 1.54) is 0 Å². The van der Waals surface area contributed by atoms with Gasteiger partial charge in [-0.05, 0) is 12.8 Å². The number of aliphatic hydroxyl groups excluding tert-OH is 1. The SMILES string of the molecule is CCCc1noc(CCC(=O)N2CCC(CO)C2)n1. The van der Waals surface area contributed by atoms with Gasteiger partial charge < -0.3 is 14.5 Å². The Labute approximate surface area is 112 Å². The van der Waals surface area contributed by atoms with E-state index < -0.39 is 0 Å². The van der Waals surface area contributed by atoms with Gasteiger partial charge in [-0.25, -0.2) is 0 Å². The van der Waals surface area contributed by atoms with Crippen molar-refractivity contribution < 1.29 is 14.4 Å². The number of carbonyl (C=O) groups excluding carboxylic acids is 1. The van der Waals surface area contributed by atoms with Gasteiger partial charge in [0.1, 0.15) is 0 Å². The van der Waals surface area contributed by atoms with Crippen LogP contribution in [0.1, 0.15) is 37.9 Å². The summed E-state index contributed by atoms with van der Waals surface area (Å²) in [6.45, 7) is 3.63. The molecule has 1 aliphatic rings. The maximum atomic E-state index is 12.0. The van der Waals surface area contributed by atoms with Crippen molar-refractivity contribution in [1.29, 1.82) is 0 Å². The summed E-state index contributed by atoms with van der Waals surface area (Å²) in [5, 5.41) is 12.9. The van der Waals surface area contributed by atoms with Crippen LogP contribution in [0.5, 0.6) is 0 Å². The molecule has 19 heavy (non-hydrogen) atoms. The Morgan fingerprint density at radius 2 is 2.37 bits per heavy atom. The summed E-state index contributed by atoms with van der Waals surface area (Å²) in [6, 6.07) is 0. The van der Waals surface area contributed by atoms with E-state index in [0.29, 0.717) is 31.1 Å². The molecule has 6 nitrogen and oxygen atoms in total. The average Bonchev–Trinajstić information content (AvgIpc) is 3.05. The number of rotatable bonds is 6. The highest BCUT2D eigenvalue weighted by Crippen LogP contribution is 2.16. The fraction of sp³-hybridized carbons (Fsp3) is 0.769. The molecule has 0 aliphatic carbocycles. The minimum absolute atomic E-state index is 0.103. The van der Waals surface area contributed by atoms with E-state index in [4.69, 9.17) is 9.63 Å². The summed E-state index contributed by atoms with van der Waals surface area (Å²) in [5.41, 5.74) is 0. The van der Waals surface area contributed by atoms with Gasteiger partial charge in [-0.2, -0.15) is 4.98 Å². The molecule has 1 aliphatic heterocycles. The molecule has 0 saturated carbocycles. The topological polar surface area (TPSA) is 79.5 Å². The van der Waals surface area contributed by atoms with Gasteiger partial charge in [0.15, 0.2) is 5.82 Å². The van der Waals surface area contributed by atoms with Crippen LogP contribution < -0.4 is 0 Å². The van der Waals surface area contributed by atoms with Gasteiger partial charge in [-0.1, -0.05) is 12.1 Å². The molecule has 1 saturated heterocycles. The Kier molecular flexibility index (Phi) is 4.90. The van der Waals surface area contributed by atoms with Crippen molar-refractivity contribution in [2.24, 2.45) is 5.92 Å². The molecule has 1 N–H and O–H groups in total. The molecule has 0 spiro atoms. The number of likely N-dealkylation sites (tertiary alicyclic amines) is 1. The van der Waals surface area contributed by atoms with Gasteiger partial charge in [0, 0.05) is 44.9 Å². The molecule has 1 aromatic heterocycles. The van der Waals surface area contributed by atoms with Crippen molar-refractivity contribution in [1.82, 2.24) is 15.0 Å². The lowest BCUT2D eigenvalue weighted by Crippen LogP contribution is -2.29. The number of aryl methyl sites for hydroxylation is 2. The number of aromatic nitrogens is 2. The molecule has 1 aromatic rings. The van der Waals surface area contributed by atoms with Crippen LogP contribution in [-0.4, -0.2) is 45.8 Å². The molecular weight excluding hydrogens is 246 g/mol. The van der Waals surface area contributed by atoms with Crippen LogP contribution in [0.2, 0.25) is 0 Å². The van der Waals surface area contributed by atoms with E-state index in [0.717, 1.165) is 25.8 Å². The summed E-state index contributed by atoms with van der Waals surface area (Å²) in [6.07, 6.45) is 3.57. The third-order valence-electron chi connectivity index (χ3n) is 3.43. The molecule has 1 unspecified atom stereocenters. The summed E-state index contributed by atoms with van der Waals surface area (Å²) < 4.78 is 5.10. The lowest BCUT2D eigenvalue weighted by Gasteiger charge is -2.15. The normalized spacial score (nSPS) is 19.1. The highest BCUT2D eigenvalue weighted by molar-refractivity contribution is 5.76. The van der Waals surface area contributed by atoms with Gasteiger partial charge >= 0.3 is 0 Å². The Morgan fingerprint density at radius 1 is 1.53 bits per heavy atom.